The molecule has 0 spiro atoms. The van der Waals surface area contributed by atoms with E-state index >= 15 is 0 Å². The molecular formula is C12H18N2O2S. The Morgan fingerprint density at radius 1 is 1.35 bits per heavy atom. The molecule has 3 rings (SSSR count). The summed E-state index contributed by atoms with van der Waals surface area (Å²) in [6.45, 7) is 1.47. The number of rotatable bonds is 2. The molecular weight excluding hydrogens is 236 g/mol. The van der Waals surface area contributed by atoms with Crippen molar-refractivity contribution in [2.45, 2.75) is 31.8 Å². The number of aliphatic hydroxyl groups is 1. The minimum Gasteiger partial charge on any atom is -0.393 e. The van der Waals surface area contributed by atoms with Gasteiger partial charge >= 0.3 is 0 Å². The highest BCUT2D eigenvalue weighted by atomic mass is 32.1. The summed E-state index contributed by atoms with van der Waals surface area (Å²) in [6.07, 6.45) is 3.30. The Kier molecular flexibility index (Phi) is 2.45. The summed E-state index contributed by atoms with van der Waals surface area (Å²) in [5.41, 5.74) is 5.15. The lowest BCUT2D eigenvalue weighted by Crippen LogP contribution is -2.42. The van der Waals surface area contributed by atoms with Crippen LogP contribution in [0.25, 0.3) is 0 Å². The fourth-order valence-electron chi connectivity index (χ4n) is 3.40. The number of likely N-dealkylation sites (tertiary alicyclic amines) is 1. The van der Waals surface area contributed by atoms with Crippen LogP contribution in [0.3, 0.4) is 0 Å². The summed E-state index contributed by atoms with van der Waals surface area (Å²) in [7, 11) is 0. The van der Waals surface area contributed by atoms with E-state index < -0.39 is 5.41 Å². The number of nitrogens with zero attached hydrogens (tertiary/aromatic N) is 1. The zero-order chi connectivity index (χ0) is 12.2. The van der Waals surface area contributed by atoms with Crippen LogP contribution in [0.2, 0.25) is 0 Å². The summed E-state index contributed by atoms with van der Waals surface area (Å²) in [6, 6.07) is 0. The molecule has 0 aromatic heterocycles. The normalized spacial score (nSPS) is 37.9. The van der Waals surface area contributed by atoms with Gasteiger partial charge in [0.05, 0.1) is 16.5 Å². The molecule has 0 aromatic carbocycles. The number of nitrogens with two attached hydrogens (primary N) is 1. The van der Waals surface area contributed by atoms with Crippen molar-refractivity contribution in [2.75, 3.05) is 13.1 Å². The van der Waals surface area contributed by atoms with Gasteiger partial charge in [-0.2, -0.15) is 0 Å². The number of aliphatic hydroxyl groups excluding tert-OH is 1. The summed E-state index contributed by atoms with van der Waals surface area (Å²) in [5.74, 6) is 0.865. The first-order valence-corrected chi connectivity index (χ1v) is 6.73. The van der Waals surface area contributed by atoms with Crippen LogP contribution in [0.4, 0.5) is 0 Å². The number of thiocarbonyl (C=S) groups is 1. The van der Waals surface area contributed by atoms with E-state index in [4.69, 9.17) is 18.0 Å². The predicted molar refractivity (Wildman–Crippen MR) is 67.3 cm³/mol. The lowest BCUT2D eigenvalue weighted by Gasteiger charge is -2.23. The minimum absolute atomic E-state index is 0.103. The molecule has 0 aromatic rings. The Bertz CT molecular complexity index is 381. The lowest BCUT2D eigenvalue weighted by atomic mass is 10.00. The van der Waals surface area contributed by atoms with Crippen LogP contribution in [0.15, 0.2) is 0 Å². The average Bonchev–Trinajstić information content (AvgIpc) is 2.89. The number of amides is 1. The molecule has 3 atom stereocenters. The van der Waals surface area contributed by atoms with Gasteiger partial charge in [0.1, 0.15) is 0 Å². The third-order valence-electron chi connectivity index (χ3n) is 4.74. The smallest absolute Gasteiger partial charge is 0.235 e. The molecule has 4 nitrogen and oxygen atoms in total. The highest BCUT2D eigenvalue weighted by Gasteiger charge is 2.56. The summed E-state index contributed by atoms with van der Waals surface area (Å²) in [5, 5.41) is 9.84. The maximum atomic E-state index is 12.4. The predicted octanol–water partition coefficient (Wildman–Crippen LogP) is 0.282. The maximum absolute atomic E-state index is 12.4. The largest absolute Gasteiger partial charge is 0.393 e. The molecule has 0 radical (unpaired) electrons. The third-order valence-corrected chi connectivity index (χ3v) is 5.13. The first kappa shape index (κ1) is 11.4. The van der Waals surface area contributed by atoms with Crippen molar-refractivity contribution in [1.82, 2.24) is 4.90 Å². The van der Waals surface area contributed by atoms with Crippen molar-refractivity contribution in [3.63, 3.8) is 0 Å². The zero-order valence-corrected chi connectivity index (χ0v) is 10.6. The molecule has 94 valence electrons. The molecule has 3 aliphatic rings. The van der Waals surface area contributed by atoms with E-state index in [-0.39, 0.29) is 17.9 Å². The summed E-state index contributed by atoms with van der Waals surface area (Å²) < 4.78 is 0. The summed E-state index contributed by atoms with van der Waals surface area (Å²) in [4.78, 5) is 14.6. The number of fused-ring (bicyclic) bond motifs is 1. The van der Waals surface area contributed by atoms with Crippen LogP contribution >= 0.6 is 12.2 Å². The second-order valence-corrected chi connectivity index (χ2v) is 6.16. The van der Waals surface area contributed by atoms with E-state index in [0.717, 1.165) is 32.2 Å². The third kappa shape index (κ3) is 1.59. The van der Waals surface area contributed by atoms with Crippen LogP contribution in [0, 0.1) is 17.3 Å². The first-order valence-electron chi connectivity index (χ1n) is 6.32. The molecule has 1 amide bonds. The van der Waals surface area contributed by atoms with Gasteiger partial charge in [-0.3, -0.25) is 4.79 Å². The van der Waals surface area contributed by atoms with Crippen molar-refractivity contribution >= 4 is 23.1 Å². The molecule has 5 heteroatoms. The summed E-state index contributed by atoms with van der Waals surface area (Å²) >= 11 is 5.01. The topological polar surface area (TPSA) is 66.6 Å². The van der Waals surface area contributed by atoms with Gasteiger partial charge in [0.2, 0.25) is 5.91 Å². The average molecular weight is 254 g/mol. The van der Waals surface area contributed by atoms with Gasteiger partial charge in [-0.1, -0.05) is 12.2 Å². The fourth-order valence-corrected chi connectivity index (χ4v) is 3.69. The van der Waals surface area contributed by atoms with E-state index in [9.17, 15) is 9.90 Å². The number of carbonyl (C=O) groups is 1. The molecule has 17 heavy (non-hydrogen) atoms. The van der Waals surface area contributed by atoms with E-state index in [1.807, 2.05) is 4.90 Å². The Balaban J connectivity index is 1.72. The molecule has 2 aliphatic carbocycles. The van der Waals surface area contributed by atoms with Crippen molar-refractivity contribution < 1.29 is 9.90 Å². The minimum atomic E-state index is -0.529. The highest BCUT2D eigenvalue weighted by molar-refractivity contribution is 7.80. The van der Waals surface area contributed by atoms with E-state index in [1.165, 1.54) is 0 Å². The van der Waals surface area contributed by atoms with Gasteiger partial charge in [0.15, 0.2) is 0 Å². The van der Waals surface area contributed by atoms with Crippen LogP contribution in [-0.4, -0.2) is 40.1 Å². The van der Waals surface area contributed by atoms with Crippen molar-refractivity contribution in [2.24, 2.45) is 23.0 Å². The zero-order valence-electron chi connectivity index (χ0n) is 9.76. The van der Waals surface area contributed by atoms with Crippen molar-refractivity contribution in [3.8, 4) is 0 Å². The van der Waals surface area contributed by atoms with Gasteiger partial charge in [-0.05, 0) is 31.6 Å². The Hall–Kier alpha value is -0.680. The lowest BCUT2D eigenvalue weighted by molar-refractivity contribution is -0.133. The van der Waals surface area contributed by atoms with Gasteiger partial charge in [0.25, 0.3) is 0 Å². The van der Waals surface area contributed by atoms with E-state index in [2.05, 4.69) is 0 Å². The van der Waals surface area contributed by atoms with Gasteiger partial charge in [0, 0.05) is 19.0 Å². The quantitative estimate of drug-likeness (QED) is 0.695. The molecule has 1 saturated heterocycles. The number of hydrogen-bond acceptors (Lipinski definition) is 3. The van der Waals surface area contributed by atoms with Crippen molar-refractivity contribution in [1.29, 1.82) is 0 Å². The monoisotopic (exact) mass is 254 g/mol. The molecule has 1 aliphatic heterocycles. The molecule has 0 bridgehead atoms. The van der Waals surface area contributed by atoms with Crippen LogP contribution in [-0.2, 0) is 4.79 Å². The molecule has 2 saturated carbocycles. The maximum Gasteiger partial charge on any atom is 0.235 e. The Morgan fingerprint density at radius 3 is 2.59 bits per heavy atom. The second kappa shape index (κ2) is 3.65. The fraction of sp³-hybridized carbons (Fsp3) is 0.833. The SMILES string of the molecule is NC(=S)C1(C(=O)N2CC3CCC(O)C3C2)CC1. The van der Waals surface area contributed by atoms with Crippen LogP contribution in [0.1, 0.15) is 25.7 Å². The van der Waals surface area contributed by atoms with Crippen molar-refractivity contribution in [3.05, 3.63) is 0 Å². The number of carbonyl (C=O) groups excluding carboxylic acids is 1. The Labute approximate surface area is 106 Å². The van der Waals surface area contributed by atoms with Gasteiger partial charge in [-0.25, -0.2) is 0 Å². The molecule has 3 fully saturated rings. The van der Waals surface area contributed by atoms with E-state index in [1.54, 1.807) is 0 Å². The van der Waals surface area contributed by atoms with Gasteiger partial charge < -0.3 is 15.7 Å². The van der Waals surface area contributed by atoms with E-state index in [0.29, 0.717) is 17.5 Å². The van der Waals surface area contributed by atoms with Gasteiger partial charge in [-0.15, -0.1) is 0 Å². The Morgan fingerprint density at radius 2 is 2.06 bits per heavy atom. The standard InChI is InChI=1S/C12H18N2O2S/c13-10(17)12(3-4-12)11(16)14-5-7-1-2-9(15)8(7)6-14/h7-9,15H,1-6H2,(H2,13,17). The molecule has 3 unspecified atom stereocenters. The molecule has 1 heterocycles. The first-order chi connectivity index (χ1) is 8.04. The van der Waals surface area contributed by atoms with Crippen LogP contribution < -0.4 is 5.73 Å². The second-order valence-electron chi connectivity index (χ2n) is 5.73. The number of hydrogen-bond donors (Lipinski definition) is 2. The highest BCUT2D eigenvalue weighted by Crippen LogP contribution is 2.49. The van der Waals surface area contributed by atoms with Crippen LogP contribution in [0.5, 0.6) is 0 Å². The molecule has 3 N–H and O–H groups in total.